The van der Waals surface area contributed by atoms with E-state index >= 15 is 0 Å². The molecule has 0 amide bonds. The molecule has 6 nitrogen and oxygen atoms in total. The van der Waals surface area contributed by atoms with Crippen LogP contribution in [-0.2, 0) is 10.0 Å². The predicted molar refractivity (Wildman–Crippen MR) is 73.8 cm³/mol. The van der Waals surface area contributed by atoms with E-state index in [1.54, 1.807) is 10.4 Å². The minimum atomic E-state index is -3.57. The smallest absolute Gasteiger partial charge is 0.247 e. The van der Waals surface area contributed by atoms with Crippen molar-refractivity contribution in [3.05, 3.63) is 18.5 Å². The molecule has 0 aromatic carbocycles. The van der Waals surface area contributed by atoms with Gasteiger partial charge in [0.25, 0.3) is 0 Å². The van der Waals surface area contributed by atoms with Gasteiger partial charge >= 0.3 is 0 Å². The number of sulfonamides is 1. The lowest BCUT2D eigenvalue weighted by atomic mass is 10.0. The number of nitrogen functional groups attached to an aromatic ring is 1. The molecule has 0 saturated carbocycles. The topological polar surface area (TPSA) is 88.3 Å². The third kappa shape index (κ3) is 2.58. The molecule has 2 heterocycles. The molecule has 0 unspecified atom stereocenters. The van der Waals surface area contributed by atoms with Gasteiger partial charge in [-0.25, -0.2) is 8.42 Å². The molecule has 19 heavy (non-hydrogen) atoms. The molecule has 1 aromatic rings. The third-order valence-electron chi connectivity index (χ3n) is 3.61. The van der Waals surface area contributed by atoms with Crippen LogP contribution in [0.1, 0.15) is 33.1 Å². The predicted octanol–water partition coefficient (Wildman–Crippen LogP) is 1.32. The molecule has 1 fully saturated rings. The molecule has 3 N–H and O–H groups in total. The zero-order valence-corrected chi connectivity index (χ0v) is 12.0. The van der Waals surface area contributed by atoms with Crippen molar-refractivity contribution in [2.24, 2.45) is 5.84 Å². The molecule has 0 radical (unpaired) electrons. The van der Waals surface area contributed by atoms with Crippen LogP contribution in [-0.4, -0.2) is 29.8 Å². The maximum absolute atomic E-state index is 12.8. The van der Waals surface area contributed by atoms with Crippen molar-refractivity contribution in [2.45, 2.75) is 50.1 Å². The van der Waals surface area contributed by atoms with E-state index in [1.165, 1.54) is 12.4 Å². The van der Waals surface area contributed by atoms with Crippen LogP contribution in [0.3, 0.4) is 0 Å². The first-order valence-electron chi connectivity index (χ1n) is 6.42. The summed E-state index contributed by atoms with van der Waals surface area (Å²) in [5.74, 6) is 5.39. The largest absolute Gasteiger partial charge is 0.323 e. The Morgan fingerprint density at radius 3 is 2.58 bits per heavy atom. The molecule has 1 aromatic heterocycles. The monoisotopic (exact) mass is 284 g/mol. The third-order valence-corrected chi connectivity index (χ3v) is 5.76. The molecular formula is C12H20N4O2S. The van der Waals surface area contributed by atoms with Crippen LogP contribution in [0.25, 0.3) is 0 Å². The van der Waals surface area contributed by atoms with Crippen molar-refractivity contribution in [1.82, 2.24) is 9.29 Å². The van der Waals surface area contributed by atoms with Gasteiger partial charge in [-0.05, 0) is 32.8 Å². The summed E-state index contributed by atoms with van der Waals surface area (Å²) >= 11 is 0. The summed E-state index contributed by atoms with van der Waals surface area (Å²) in [5.41, 5.74) is 2.80. The lowest BCUT2D eigenvalue weighted by Gasteiger charge is -2.37. The molecule has 2 atom stereocenters. The van der Waals surface area contributed by atoms with E-state index in [2.05, 4.69) is 10.4 Å². The number of hydrazine groups is 1. The maximum atomic E-state index is 12.8. The molecule has 0 spiro atoms. The summed E-state index contributed by atoms with van der Waals surface area (Å²) in [6, 6.07) is 1.56. The van der Waals surface area contributed by atoms with Crippen LogP contribution in [0.5, 0.6) is 0 Å². The van der Waals surface area contributed by atoms with E-state index in [4.69, 9.17) is 5.84 Å². The Kier molecular flexibility index (Phi) is 4.07. The fraction of sp³-hybridized carbons (Fsp3) is 0.583. The number of nitrogens with one attached hydrogen (secondary N) is 1. The van der Waals surface area contributed by atoms with Gasteiger partial charge in [0.2, 0.25) is 10.0 Å². The Balaban J connectivity index is 2.46. The van der Waals surface area contributed by atoms with Crippen molar-refractivity contribution in [1.29, 1.82) is 0 Å². The highest BCUT2D eigenvalue weighted by atomic mass is 32.2. The molecule has 0 aliphatic carbocycles. The first kappa shape index (κ1) is 14.2. The molecule has 1 aliphatic rings. The van der Waals surface area contributed by atoms with Gasteiger partial charge in [0.15, 0.2) is 0 Å². The summed E-state index contributed by atoms with van der Waals surface area (Å²) in [4.78, 5) is 4.04. The van der Waals surface area contributed by atoms with Crippen LogP contribution < -0.4 is 11.3 Å². The first-order valence-corrected chi connectivity index (χ1v) is 7.86. The molecule has 1 aliphatic heterocycles. The number of rotatable bonds is 3. The highest BCUT2D eigenvalue weighted by molar-refractivity contribution is 7.89. The van der Waals surface area contributed by atoms with Gasteiger partial charge in [-0.2, -0.15) is 4.31 Å². The number of hydrogen-bond acceptors (Lipinski definition) is 5. The number of piperidine rings is 1. The van der Waals surface area contributed by atoms with Gasteiger partial charge in [-0.1, -0.05) is 6.42 Å². The Labute approximate surface area is 114 Å². The second-order valence-electron chi connectivity index (χ2n) is 4.98. The lowest BCUT2D eigenvalue weighted by Crippen LogP contribution is -2.47. The molecular weight excluding hydrogens is 264 g/mol. The highest BCUT2D eigenvalue weighted by Gasteiger charge is 2.36. The van der Waals surface area contributed by atoms with Crippen molar-refractivity contribution in [2.75, 3.05) is 5.43 Å². The lowest BCUT2D eigenvalue weighted by molar-refractivity contribution is 0.204. The average molecular weight is 284 g/mol. The van der Waals surface area contributed by atoms with Crippen LogP contribution in [0.2, 0.25) is 0 Å². The molecule has 2 rings (SSSR count). The maximum Gasteiger partial charge on any atom is 0.247 e. The fourth-order valence-electron chi connectivity index (χ4n) is 2.69. The summed E-state index contributed by atoms with van der Waals surface area (Å²) in [6.07, 6.45) is 5.68. The molecule has 1 saturated heterocycles. The first-order chi connectivity index (χ1) is 8.98. The number of nitrogens with two attached hydrogens (primary N) is 1. The van der Waals surface area contributed by atoms with Gasteiger partial charge in [0, 0.05) is 24.5 Å². The fourth-order valence-corrected chi connectivity index (χ4v) is 4.67. The van der Waals surface area contributed by atoms with Crippen molar-refractivity contribution < 1.29 is 8.42 Å². The van der Waals surface area contributed by atoms with E-state index < -0.39 is 10.0 Å². The van der Waals surface area contributed by atoms with E-state index in [0.29, 0.717) is 5.69 Å². The summed E-state index contributed by atoms with van der Waals surface area (Å²) < 4.78 is 27.1. The van der Waals surface area contributed by atoms with Gasteiger partial charge in [0.05, 0.1) is 5.69 Å². The van der Waals surface area contributed by atoms with Crippen molar-refractivity contribution in [3.63, 3.8) is 0 Å². The summed E-state index contributed by atoms with van der Waals surface area (Å²) in [6.45, 7) is 3.89. The van der Waals surface area contributed by atoms with Crippen molar-refractivity contribution in [3.8, 4) is 0 Å². The summed E-state index contributed by atoms with van der Waals surface area (Å²) in [7, 11) is -3.57. The van der Waals surface area contributed by atoms with E-state index in [1.807, 2.05) is 13.8 Å². The number of nitrogens with zero attached hydrogens (tertiary/aromatic N) is 2. The Morgan fingerprint density at radius 2 is 2.00 bits per heavy atom. The zero-order valence-electron chi connectivity index (χ0n) is 11.2. The van der Waals surface area contributed by atoms with Crippen LogP contribution in [0.15, 0.2) is 23.4 Å². The Morgan fingerprint density at radius 1 is 1.37 bits per heavy atom. The number of aromatic nitrogens is 1. The number of hydrogen-bond donors (Lipinski definition) is 2. The van der Waals surface area contributed by atoms with E-state index in [9.17, 15) is 8.42 Å². The van der Waals surface area contributed by atoms with Crippen molar-refractivity contribution >= 4 is 15.7 Å². The zero-order chi connectivity index (χ0) is 14.0. The number of anilines is 1. The standard InChI is InChI=1S/C12H20N4O2S/c1-9-4-3-5-10(2)16(9)19(17,18)12-8-14-7-6-11(12)15-13/h6-10H,3-5,13H2,1-2H3,(H,14,15)/t9-,10+. The molecule has 0 bridgehead atoms. The Hall–Kier alpha value is -1.18. The molecule has 7 heteroatoms. The second-order valence-corrected chi connectivity index (χ2v) is 6.79. The van der Waals surface area contributed by atoms with Crippen LogP contribution in [0, 0.1) is 0 Å². The van der Waals surface area contributed by atoms with Gasteiger partial charge in [-0.15, -0.1) is 0 Å². The van der Waals surface area contributed by atoms with Crippen LogP contribution >= 0.6 is 0 Å². The van der Waals surface area contributed by atoms with Gasteiger partial charge in [0.1, 0.15) is 4.90 Å². The van der Waals surface area contributed by atoms with Gasteiger partial charge in [-0.3, -0.25) is 10.8 Å². The van der Waals surface area contributed by atoms with Crippen LogP contribution in [0.4, 0.5) is 5.69 Å². The van der Waals surface area contributed by atoms with E-state index in [-0.39, 0.29) is 17.0 Å². The summed E-state index contributed by atoms with van der Waals surface area (Å²) in [5, 5.41) is 0. The van der Waals surface area contributed by atoms with Gasteiger partial charge < -0.3 is 5.43 Å². The molecule has 106 valence electrons. The highest BCUT2D eigenvalue weighted by Crippen LogP contribution is 2.31. The Bertz CT molecular complexity index is 536. The average Bonchev–Trinajstić information content (AvgIpc) is 2.38. The van der Waals surface area contributed by atoms with E-state index in [0.717, 1.165) is 19.3 Å². The minimum absolute atomic E-state index is 0.000388. The minimum Gasteiger partial charge on any atom is -0.323 e. The number of pyridine rings is 1. The second kappa shape index (κ2) is 5.44. The quantitative estimate of drug-likeness (QED) is 0.645. The normalized spacial score (nSPS) is 25.2. The SMILES string of the molecule is C[C@@H]1CCC[C@H](C)N1S(=O)(=O)c1cnccc1NN.